The first-order valence-corrected chi connectivity index (χ1v) is 12.5. The van der Waals surface area contributed by atoms with Crippen molar-refractivity contribution in [3.05, 3.63) is 54.1 Å². The summed E-state index contributed by atoms with van der Waals surface area (Å²) in [5.41, 5.74) is 3.28. The van der Waals surface area contributed by atoms with E-state index < -0.39 is 23.6 Å². The minimum Gasteiger partial charge on any atom is -0.480 e. The van der Waals surface area contributed by atoms with Crippen molar-refractivity contribution in [2.45, 2.75) is 65.1 Å². The summed E-state index contributed by atoms with van der Waals surface area (Å²) in [7, 11) is 0. The molecule has 0 fully saturated rings. The van der Waals surface area contributed by atoms with Crippen molar-refractivity contribution in [1.29, 1.82) is 0 Å². The fraction of sp³-hybridized carbons (Fsp3) is 0.444. The van der Waals surface area contributed by atoms with Crippen LogP contribution in [0.5, 0.6) is 0 Å². The molecule has 2 amide bonds. The van der Waals surface area contributed by atoms with Gasteiger partial charge >= 0.3 is 12.0 Å². The Morgan fingerprint density at radius 1 is 1.08 bits per heavy atom. The predicted octanol–water partition coefficient (Wildman–Crippen LogP) is 4.50. The number of carbonyl (C=O) groups is 2. The van der Waals surface area contributed by atoms with Gasteiger partial charge in [-0.2, -0.15) is 0 Å². The number of tetrazole rings is 1. The highest BCUT2D eigenvalue weighted by Crippen LogP contribution is 2.29. The molecule has 10 nitrogen and oxygen atoms in total. The summed E-state index contributed by atoms with van der Waals surface area (Å²) in [5.74, 6) is -0.544. The molecular weight excluding hydrogens is 472 g/mol. The third kappa shape index (κ3) is 8.38. The third-order valence-corrected chi connectivity index (χ3v) is 5.76. The van der Waals surface area contributed by atoms with Gasteiger partial charge in [0.05, 0.1) is 12.2 Å². The number of nitrogens with zero attached hydrogens (tertiary/aromatic N) is 4. The van der Waals surface area contributed by atoms with Crippen molar-refractivity contribution in [1.82, 2.24) is 30.8 Å². The number of hydrogen-bond donors (Lipinski definition) is 3. The van der Waals surface area contributed by atoms with Gasteiger partial charge in [-0.1, -0.05) is 68.3 Å². The number of amides is 2. The highest BCUT2D eigenvalue weighted by molar-refractivity contribution is 5.83. The van der Waals surface area contributed by atoms with Gasteiger partial charge in [0.15, 0.2) is 11.9 Å². The Bertz CT molecular complexity index is 1140. The van der Waals surface area contributed by atoms with E-state index in [1.807, 2.05) is 69.3 Å². The van der Waals surface area contributed by atoms with Crippen molar-refractivity contribution in [3.63, 3.8) is 0 Å². The van der Waals surface area contributed by atoms with E-state index in [9.17, 15) is 14.7 Å². The van der Waals surface area contributed by atoms with E-state index in [0.717, 1.165) is 41.5 Å². The number of carbonyl (C=O) groups excluding carboxylic acids is 1. The minimum absolute atomic E-state index is 0.109. The molecule has 1 heterocycles. The second-order valence-corrected chi connectivity index (χ2v) is 9.88. The van der Waals surface area contributed by atoms with E-state index in [1.54, 1.807) is 4.90 Å². The minimum atomic E-state index is -1.13. The van der Waals surface area contributed by atoms with Crippen molar-refractivity contribution < 1.29 is 19.4 Å². The Labute approximate surface area is 217 Å². The van der Waals surface area contributed by atoms with Crippen LogP contribution in [0.4, 0.5) is 4.79 Å². The third-order valence-electron chi connectivity index (χ3n) is 5.76. The summed E-state index contributed by atoms with van der Waals surface area (Å²) in [6.07, 6.45) is 2.82. The van der Waals surface area contributed by atoms with E-state index in [0.29, 0.717) is 18.9 Å². The first kappa shape index (κ1) is 27.8. The first-order chi connectivity index (χ1) is 17.7. The topological polar surface area (TPSA) is 133 Å². The van der Waals surface area contributed by atoms with Gasteiger partial charge in [0.1, 0.15) is 0 Å². The number of nitrogens with one attached hydrogen (secondary N) is 2. The maximum absolute atomic E-state index is 13.1. The number of aromatic amines is 1. The fourth-order valence-corrected chi connectivity index (χ4v) is 3.78. The number of aromatic nitrogens is 4. The Kier molecular flexibility index (Phi) is 9.73. The summed E-state index contributed by atoms with van der Waals surface area (Å²) in [6.45, 7) is 8.40. The molecule has 0 saturated carbocycles. The molecule has 0 spiro atoms. The molecule has 10 heteroatoms. The van der Waals surface area contributed by atoms with E-state index >= 15 is 0 Å². The zero-order valence-electron chi connectivity index (χ0n) is 21.9. The molecule has 0 aliphatic rings. The largest absolute Gasteiger partial charge is 0.480 e. The standard InChI is InChI=1S/C27H36N6O4/c1-5-6-9-16-33(26(36)28-23(25(34)35)18-37-27(2,3)4)17-19-12-14-20(15-13-19)21-10-7-8-11-22(21)24-29-31-32-30-24/h7-8,10-15,23H,5-6,9,16-18H2,1-4H3,(H,28,36)(H,34,35)(H,29,30,31,32). The van der Waals surface area contributed by atoms with E-state index in [4.69, 9.17) is 4.74 Å². The van der Waals surface area contributed by atoms with Crippen molar-refractivity contribution in [2.24, 2.45) is 0 Å². The van der Waals surface area contributed by atoms with Gasteiger partial charge < -0.3 is 20.1 Å². The molecular formula is C27H36N6O4. The SMILES string of the molecule is CCCCCN(Cc1ccc(-c2ccccc2-c2nnn[nH]2)cc1)C(=O)NC(COC(C)(C)C)C(=O)O. The second-order valence-electron chi connectivity index (χ2n) is 9.88. The van der Waals surface area contributed by atoms with Crippen molar-refractivity contribution in [2.75, 3.05) is 13.2 Å². The Balaban J connectivity index is 1.74. The second kappa shape index (κ2) is 13.0. The molecule has 2 aromatic carbocycles. The molecule has 3 rings (SSSR count). The molecule has 3 aromatic rings. The van der Waals surface area contributed by atoms with Crippen LogP contribution in [0.25, 0.3) is 22.5 Å². The van der Waals surface area contributed by atoms with Crippen LogP contribution in [0.3, 0.4) is 0 Å². The number of carboxylic acids is 1. The lowest BCUT2D eigenvalue weighted by Crippen LogP contribution is -2.50. The molecule has 1 aromatic heterocycles. The molecule has 37 heavy (non-hydrogen) atoms. The van der Waals surface area contributed by atoms with Crippen LogP contribution in [-0.4, -0.2) is 67.4 Å². The Morgan fingerprint density at radius 2 is 1.78 bits per heavy atom. The summed E-state index contributed by atoms with van der Waals surface area (Å²) >= 11 is 0. The molecule has 1 unspecified atom stereocenters. The van der Waals surface area contributed by atoms with Crippen LogP contribution in [0, 0.1) is 0 Å². The zero-order valence-corrected chi connectivity index (χ0v) is 21.9. The molecule has 198 valence electrons. The molecule has 0 radical (unpaired) electrons. The summed E-state index contributed by atoms with van der Waals surface area (Å²) in [4.78, 5) is 26.5. The normalized spacial score (nSPS) is 12.2. The summed E-state index contributed by atoms with van der Waals surface area (Å²) in [5, 5.41) is 26.4. The lowest BCUT2D eigenvalue weighted by molar-refractivity contribution is -0.142. The van der Waals surface area contributed by atoms with Crippen LogP contribution in [0.15, 0.2) is 48.5 Å². The summed E-state index contributed by atoms with van der Waals surface area (Å²) < 4.78 is 5.61. The predicted molar refractivity (Wildman–Crippen MR) is 141 cm³/mol. The van der Waals surface area contributed by atoms with Gasteiger partial charge in [-0.15, -0.1) is 5.10 Å². The van der Waals surface area contributed by atoms with Gasteiger partial charge in [-0.05, 0) is 54.3 Å². The monoisotopic (exact) mass is 508 g/mol. The molecule has 0 saturated heterocycles. The molecule has 3 N–H and O–H groups in total. The highest BCUT2D eigenvalue weighted by Gasteiger charge is 2.25. The average molecular weight is 509 g/mol. The lowest BCUT2D eigenvalue weighted by atomic mass is 9.98. The Hall–Kier alpha value is -3.79. The number of urea groups is 1. The van der Waals surface area contributed by atoms with Crippen molar-refractivity contribution >= 4 is 12.0 Å². The van der Waals surface area contributed by atoms with Gasteiger partial charge in [-0.25, -0.2) is 14.7 Å². The molecule has 0 aliphatic heterocycles. The van der Waals surface area contributed by atoms with Crippen molar-refractivity contribution in [3.8, 4) is 22.5 Å². The molecule has 1 atom stereocenters. The average Bonchev–Trinajstić information content (AvgIpc) is 3.40. The van der Waals surface area contributed by atoms with Crippen LogP contribution in [0.1, 0.15) is 52.5 Å². The maximum atomic E-state index is 13.1. The summed E-state index contributed by atoms with van der Waals surface area (Å²) in [6, 6.07) is 14.2. The number of H-pyrrole nitrogens is 1. The number of ether oxygens (including phenoxy) is 1. The van der Waals surface area contributed by atoms with Gasteiger partial charge in [0.25, 0.3) is 0 Å². The molecule has 0 aliphatic carbocycles. The number of unbranched alkanes of at least 4 members (excludes halogenated alkanes) is 2. The molecule has 0 bridgehead atoms. The fourth-order valence-electron chi connectivity index (χ4n) is 3.78. The first-order valence-electron chi connectivity index (χ1n) is 12.5. The van der Waals surface area contributed by atoms with Crippen LogP contribution in [-0.2, 0) is 16.1 Å². The quantitative estimate of drug-likeness (QED) is 0.307. The lowest BCUT2D eigenvalue weighted by Gasteiger charge is -2.27. The van der Waals surface area contributed by atoms with Gasteiger partial charge in [0.2, 0.25) is 0 Å². The number of rotatable bonds is 12. The number of hydrogen-bond acceptors (Lipinski definition) is 6. The van der Waals surface area contributed by atoms with E-state index in [2.05, 4.69) is 32.9 Å². The van der Waals surface area contributed by atoms with Gasteiger partial charge in [0, 0.05) is 18.7 Å². The van der Waals surface area contributed by atoms with Crippen LogP contribution < -0.4 is 5.32 Å². The zero-order chi connectivity index (χ0) is 26.8. The smallest absolute Gasteiger partial charge is 0.328 e. The highest BCUT2D eigenvalue weighted by atomic mass is 16.5. The maximum Gasteiger partial charge on any atom is 0.328 e. The number of carboxylic acid groups (broad SMARTS) is 1. The van der Waals surface area contributed by atoms with Crippen LogP contribution in [0.2, 0.25) is 0 Å². The van der Waals surface area contributed by atoms with E-state index in [1.165, 1.54) is 0 Å². The van der Waals surface area contributed by atoms with E-state index in [-0.39, 0.29) is 6.61 Å². The van der Waals surface area contributed by atoms with Gasteiger partial charge in [-0.3, -0.25) is 0 Å². The van der Waals surface area contributed by atoms with Crippen LogP contribution >= 0.6 is 0 Å². The number of aliphatic carboxylic acids is 1. The number of benzene rings is 2. The Morgan fingerprint density at radius 3 is 2.38 bits per heavy atom.